The Morgan fingerprint density at radius 3 is 2.10 bits per heavy atom. The highest BCUT2D eigenvalue weighted by atomic mass is 16.1. The van der Waals surface area contributed by atoms with Gasteiger partial charge in [0.05, 0.1) is 0 Å². The van der Waals surface area contributed by atoms with Gasteiger partial charge in [-0.05, 0) is 68.4 Å². The van der Waals surface area contributed by atoms with Gasteiger partial charge >= 0.3 is 0 Å². The van der Waals surface area contributed by atoms with Gasteiger partial charge in [-0.25, -0.2) is 0 Å². The lowest BCUT2D eigenvalue weighted by atomic mass is 10.1. The van der Waals surface area contributed by atoms with Crippen molar-refractivity contribution in [3.63, 3.8) is 0 Å². The molecule has 0 bridgehead atoms. The summed E-state index contributed by atoms with van der Waals surface area (Å²) in [6.07, 6.45) is 2.60. The van der Waals surface area contributed by atoms with Gasteiger partial charge in [-0.3, -0.25) is 9.69 Å². The van der Waals surface area contributed by atoms with Gasteiger partial charge < -0.3 is 15.1 Å². The van der Waals surface area contributed by atoms with E-state index in [2.05, 4.69) is 63.5 Å². The van der Waals surface area contributed by atoms with Crippen LogP contribution in [0.4, 0.5) is 5.69 Å². The number of anilines is 1. The Balaban J connectivity index is 1.26. The molecule has 0 unspecified atom stereocenters. The molecule has 29 heavy (non-hydrogen) atoms. The summed E-state index contributed by atoms with van der Waals surface area (Å²) in [6.45, 7) is 8.27. The molecule has 0 saturated carbocycles. The fourth-order valence-electron chi connectivity index (χ4n) is 4.13. The van der Waals surface area contributed by atoms with Gasteiger partial charge in [-0.2, -0.15) is 0 Å². The summed E-state index contributed by atoms with van der Waals surface area (Å²) in [5, 5.41) is 3.04. The average molecular weight is 393 g/mol. The van der Waals surface area contributed by atoms with Crippen molar-refractivity contribution >= 4 is 11.6 Å². The van der Waals surface area contributed by atoms with Crippen LogP contribution in [0.5, 0.6) is 0 Å². The molecule has 2 fully saturated rings. The second-order valence-corrected chi connectivity index (χ2v) is 8.32. The Morgan fingerprint density at radius 1 is 0.828 bits per heavy atom. The number of rotatable bonds is 6. The zero-order chi connectivity index (χ0) is 20.1. The van der Waals surface area contributed by atoms with Gasteiger partial charge in [0, 0.05) is 50.5 Å². The largest absolute Gasteiger partial charge is 0.369 e. The highest BCUT2D eigenvalue weighted by Crippen LogP contribution is 2.17. The number of piperazine rings is 1. The molecule has 2 aliphatic heterocycles. The lowest BCUT2D eigenvalue weighted by molar-refractivity contribution is 0.0951. The molecule has 2 aromatic carbocycles. The highest BCUT2D eigenvalue weighted by Gasteiger charge is 2.14. The molecule has 0 radical (unpaired) electrons. The van der Waals surface area contributed by atoms with Crippen LogP contribution in [-0.4, -0.2) is 62.0 Å². The lowest BCUT2D eigenvalue weighted by Crippen LogP contribution is -2.44. The number of hydrogen-bond acceptors (Lipinski definition) is 4. The number of benzene rings is 2. The summed E-state index contributed by atoms with van der Waals surface area (Å²) < 4.78 is 0. The predicted molar refractivity (Wildman–Crippen MR) is 118 cm³/mol. The number of nitrogens with one attached hydrogen (secondary N) is 1. The molecular weight excluding hydrogens is 360 g/mol. The van der Waals surface area contributed by atoms with Crippen LogP contribution in [0, 0.1) is 0 Å². The first-order chi connectivity index (χ1) is 14.2. The fraction of sp³-hybridized carbons (Fsp3) is 0.458. The average Bonchev–Trinajstić information content (AvgIpc) is 3.27. The Bertz CT molecular complexity index is 789. The number of amides is 1. The third kappa shape index (κ3) is 5.37. The number of carbonyl (C=O) groups is 1. The van der Waals surface area contributed by atoms with Gasteiger partial charge in [0.2, 0.25) is 0 Å². The zero-order valence-electron chi connectivity index (χ0n) is 17.4. The molecule has 2 aliphatic rings. The van der Waals surface area contributed by atoms with Crippen LogP contribution in [0.25, 0.3) is 0 Å². The van der Waals surface area contributed by atoms with E-state index >= 15 is 0 Å². The molecule has 0 aromatic heterocycles. The summed E-state index contributed by atoms with van der Waals surface area (Å²) in [5.41, 5.74) is 4.40. The van der Waals surface area contributed by atoms with Crippen molar-refractivity contribution in [3.05, 3.63) is 65.2 Å². The first-order valence-corrected chi connectivity index (χ1v) is 10.8. The molecule has 0 atom stereocenters. The van der Waals surface area contributed by atoms with E-state index in [-0.39, 0.29) is 5.91 Å². The van der Waals surface area contributed by atoms with E-state index in [4.69, 9.17) is 0 Å². The highest BCUT2D eigenvalue weighted by molar-refractivity contribution is 5.94. The molecular formula is C24H32N4O. The van der Waals surface area contributed by atoms with Crippen molar-refractivity contribution in [1.82, 2.24) is 15.1 Å². The van der Waals surface area contributed by atoms with Crippen LogP contribution in [-0.2, 0) is 13.1 Å². The van der Waals surface area contributed by atoms with Crippen LogP contribution >= 0.6 is 0 Å². The molecule has 2 saturated heterocycles. The number of carbonyl (C=O) groups excluding carboxylic acids is 1. The van der Waals surface area contributed by atoms with Crippen LogP contribution < -0.4 is 10.2 Å². The minimum absolute atomic E-state index is 0.0131. The summed E-state index contributed by atoms with van der Waals surface area (Å²) in [6, 6.07) is 16.6. The smallest absolute Gasteiger partial charge is 0.251 e. The maximum Gasteiger partial charge on any atom is 0.251 e. The molecule has 1 N–H and O–H groups in total. The van der Waals surface area contributed by atoms with Crippen molar-refractivity contribution in [2.24, 2.45) is 0 Å². The molecule has 154 valence electrons. The van der Waals surface area contributed by atoms with Gasteiger partial charge in [-0.15, -0.1) is 0 Å². The van der Waals surface area contributed by atoms with Crippen molar-refractivity contribution < 1.29 is 4.79 Å². The molecule has 0 aliphatic carbocycles. The topological polar surface area (TPSA) is 38.8 Å². The number of nitrogens with zero attached hydrogens (tertiary/aromatic N) is 3. The van der Waals surface area contributed by atoms with E-state index in [1.807, 2.05) is 12.1 Å². The maximum absolute atomic E-state index is 12.5. The molecule has 1 amide bonds. The minimum atomic E-state index is -0.0131. The minimum Gasteiger partial charge on any atom is -0.369 e. The van der Waals surface area contributed by atoms with E-state index in [1.165, 1.54) is 37.2 Å². The fourth-order valence-corrected chi connectivity index (χ4v) is 4.13. The molecule has 5 nitrogen and oxygen atoms in total. The monoisotopic (exact) mass is 392 g/mol. The Hall–Kier alpha value is -2.37. The summed E-state index contributed by atoms with van der Waals surface area (Å²) >= 11 is 0. The van der Waals surface area contributed by atoms with E-state index in [1.54, 1.807) is 0 Å². The third-order valence-corrected chi connectivity index (χ3v) is 6.08. The van der Waals surface area contributed by atoms with Crippen molar-refractivity contribution in [2.45, 2.75) is 25.9 Å². The SMILES string of the molecule is CN1CCN(c2ccc(CNC(=O)c3ccc(CN4CCCC4)cc3)cc2)CC1. The van der Waals surface area contributed by atoms with Gasteiger partial charge in [-0.1, -0.05) is 24.3 Å². The predicted octanol–water partition coefficient (Wildman–Crippen LogP) is 2.96. The Morgan fingerprint density at radius 2 is 1.45 bits per heavy atom. The van der Waals surface area contributed by atoms with E-state index < -0.39 is 0 Å². The summed E-state index contributed by atoms with van der Waals surface area (Å²) in [7, 11) is 2.17. The number of likely N-dealkylation sites (N-methyl/N-ethyl adjacent to an activating group) is 1. The molecule has 2 aromatic rings. The van der Waals surface area contributed by atoms with E-state index in [0.29, 0.717) is 6.54 Å². The maximum atomic E-state index is 12.5. The molecule has 0 spiro atoms. The standard InChI is InChI=1S/C24H32N4O/c1-26-14-16-28(17-15-26)23-10-6-20(7-11-23)18-25-24(29)22-8-4-21(5-9-22)19-27-12-2-3-13-27/h4-11H,2-3,12-19H2,1H3,(H,25,29). The normalized spacial score (nSPS) is 18.2. The van der Waals surface area contributed by atoms with Gasteiger partial charge in [0.15, 0.2) is 0 Å². The Kier molecular flexibility index (Phi) is 6.47. The van der Waals surface area contributed by atoms with Crippen LogP contribution in [0.3, 0.4) is 0 Å². The third-order valence-electron chi connectivity index (χ3n) is 6.08. The summed E-state index contributed by atoms with van der Waals surface area (Å²) in [4.78, 5) is 19.7. The van der Waals surface area contributed by atoms with Crippen molar-refractivity contribution in [1.29, 1.82) is 0 Å². The Labute approximate surface area is 174 Å². The first kappa shape index (κ1) is 19.9. The quantitative estimate of drug-likeness (QED) is 0.820. The molecule has 2 heterocycles. The van der Waals surface area contributed by atoms with Gasteiger partial charge in [0.25, 0.3) is 5.91 Å². The first-order valence-electron chi connectivity index (χ1n) is 10.8. The van der Waals surface area contributed by atoms with E-state index in [9.17, 15) is 4.79 Å². The van der Waals surface area contributed by atoms with Crippen LogP contribution in [0.1, 0.15) is 34.3 Å². The van der Waals surface area contributed by atoms with Crippen molar-refractivity contribution in [3.8, 4) is 0 Å². The van der Waals surface area contributed by atoms with Crippen LogP contribution in [0.15, 0.2) is 48.5 Å². The van der Waals surface area contributed by atoms with Crippen molar-refractivity contribution in [2.75, 3.05) is 51.2 Å². The molecule has 5 heteroatoms. The second kappa shape index (κ2) is 9.42. The van der Waals surface area contributed by atoms with E-state index in [0.717, 1.165) is 43.9 Å². The summed E-state index contributed by atoms with van der Waals surface area (Å²) in [5.74, 6) is -0.0131. The molecule has 4 rings (SSSR count). The second-order valence-electron chi connectivity index (χ2n) is 8.32. The van der Waals surface area contributed by atoms with Crippen LogP contribution in [0.2, 0.25) is 0 Å². The number of likely N-dealkylation sites (tertiary alicyclic amines) is 1. The zero-order valence-corrected chi connectivity index (χ0v) is 17.4. The van der Waals surface area contributed by atoms with Gasteiger partial charge in [0.1, 0.15) is 0 Å². The lowest BCUT2D eigenvalue weighted by Gasteiger charge is -2.34. The number of hydrogen-bond donors (Lipinski definition) is 1.